The standard InChI is InChI=1S/C14H27NS/c1-6-8-16-9-7-15-14(10-12(2)3)11-13(4)5/h1,12-15H,7-11H2,2-5H3. The third-order valence-electron chi connectivity index (χ3n) is 2.38. The molecule has 0 aliphatic heterocycles. The largest absolute Gasteiger partial charge is 0.313 e. The monoisotopic (exact) mass is 241 g/mol. The first-order valence-electron chi connectivity index (χ1n) is 6.30. The van der Waals surface area contributed by atoms with Gasteiger partial charge in [-0.05, 0) is 24.7 Å². The van der Waals surface area contributed by atoms with Gasteiger partial charge in [-0.15, -0.1) is 18.2 Å². The van der Waals surface area contributed by atoms with Crippen LogP contribution in [-0.2, 0) is 0 Å². The number of terminal acetylenes is 1. The van der Waals surface area contributed by atoms with Gasteiger partial charge in [0.05, 0.1) is 5.75 Å². The van der Waals surface area contributed by atoms with E-state index < -0.39 is 0 Å². The molecule has 0 aliphatic carbocycles. The van der Waals surface area contributed by atoms with Crippen LogP contribution in [0.1, 0.15) is 40.5 Å². The Bertz CT molecular complexity index is 183. The molecular weight excluding hydrogens is 214 g/mol. The van der Waals surface area contributed by atoms with E-state index in [0.717, 1.165) is 29.9 Å². The van der Waals surface area contributed by atoms with Gasteiger partial charge in [-0.25, -0.2) is 0 Å². The number of rotatable bonds is 9. The van der Waals surface area contributed by atoms with Gasteiger partial charge in [0.15, 0.2) is 0 Å². The topological polar surface area (TPSA) is 12.0 Å². The lowest BCUT2D eigenvalue weighted by Crippen LogP contribution is -2.33. The van der Waals surface area contributed by atoms with Crippen molar-refractivity contribution >= 4 is 11.8 Å². The van der Waals surface area contributed by atoms with Gasteiger partial charge in [0.1, 0.15) is 0 Å². The summed E-state index contributed by atoms with van der Waals surface area (Å²) < 4.78 is 0. The van der Waals surface area contributed by atoms with Gasteiger partial charge in [-0.2, -0.15) is 0 Å². The van der Waals surface area contributed by atoms with Crippen molar-refractivity contribution in [3.63, 3.8) is 0 Å². The van der Waals surface area contributed by atoms with Crippen molar-refractivity contribution in [1.82, 2.24) is 5.32 Å². The Morgan fingerprint density at radius 1 is 1.12 bits per heavy atom. The molecule has 0 aromatic heterocycles. The summed E-state index contributed by atoms with van der Waals surface area (Å²) in [5.41, 5.74) is 0. The fourth-order valence-corrected chi connectivity index (χ4v) is 2.39. The van der Waals surface area contributed by atoms with Gasteiger partial charge in [0.2, 0.25) is 0 Å². The molecule has 16 heavy (non-hydrogen) atoms. The van der Waals surface area contributed by atoms with Gasteiger partial charge in [0.25, 0.3) is 0 Å². The van der Waals surface area contributed by atoms with Crippen molar-refractivity contribution in [1.29, 1.82) is 0 Å². The lowest BCUT2D eigenvalue weighted by atomic mass is 9.96. The van der Waals surface area contributed by atoms with E-state index in [-0.39, 0.29) is 0 Å². The molecule has 0 amide bonds. The van der Waals surface area contributed by atoms with Crippen LogP contribution in [0.4, 0.5) is 0 Å². The van der Waals surface area contributed by atoms with Crippen LogP contribution in [0.2, 0.25) is 0 Å². The maximum atomic E-state index is 5.21. The van der Waals surface area contributed by atoms with Gasteiger partial charge >= 0.3 is 0 Å². The molecule has 1 nitrogen and oxygen atoms in total. The highest BCUT2D eigenvalue weighted by Gasteiger charge is 2.11. The Morgan fingerprint density at radius 2 is 1.69 bits per heavy atom. The molecule has 0 spiro atoms. The molecule has 0 aromatic rings. The summed E-state index contributed by atoms with van der Waals surface area (Å²) in [6.45, 7) is 10.3. The highest BCUT2D eigenvalue weighted by atomic mass is 32.2. The van der Waals surface area contributed by atoms with Crippen molar-refractivity contribution in [2.45, 2.75) is 46.6 Å². The zero-order chi connectivity index (χ0) is 12.4. The Balaban J connectivity index is 3.70. The summed E-state index contributed by atoms with van der Waals surface area (Å²) in [7, 11) is 0. The first-order valence-corrected chi connectivity index (χ1v) is 7.46. The van der Waals surface area contributed by atoms with Gasteiger partial charge in [-0.3, -0.25) is 0 Å². The second-order valence-electron chi connectivity index (χ2n) is 5.17. The Labute approximate surface area is 106 Å². The van der Waals surface area contributed by atoms with E-state index in [1.165, 1.54) is 12.8 Å². The molecule has 0 saturated carbocycles. The van der Waals surface area contributed by atoms with Crippen LogP contribution in [0, 0.1) is 24.2 Å². The van der Waals surface area contributed by atoms with Crippen molar-refractivity contribution < 1.29 is 0 Å². The molecule has 1 N–H and O–H groups in total. The second kappa shape index (κ2) is 10.1. The molecule has 0 atom stereocenters. The molecule has 0 heterocycles. The van der Waals surface area contributed by atoms with E-state index in [2.05, 4.69) is 38.9 Å². The predicted molar refractivity (Wildman–Crippen MR) is 76.9 cm³/mol. The van der Waals surface area contributed by atoms with E-state index in [9.17, 15) is 0 Å². The van der Waals surface area contributed by atoms with Crippen molar-refractivity contribution in [2.24, 2.45) is 11.8 Å². The van der Waals surface area contributed by atoms with Crippen LogP contribution in [0.25, 0.3) is 0 Å². The summed E-state index contributed by atoms with van der Waals surface area (Å²) in [6, 6.07) is 0.673. The average Bonchev–Trinajstić information content (AvgIpc) is 2.15. The van der Waals surface area contributed by atoms with Crippen LogP contribution < -0.4 is 5.32 Å². The minimum absolute atomic E-state index is 0.673. The summed E-state index contributed by atoms with van der Waals surface area (Å²) in [5, 5.41) is 3.65. The SMILES string of the molecule is C#CCSCCNC(CC(C)C)CC(C)C. The molecule has 0 unspecified atom stereocenters. The van der Waals surface area contributed by atoms with Crippen LogP contribution in [0.15, 0.2) is 0 Å². The minimum atomic E-state index is 0.673. The summed E-state index contributed by atoms with van der Waals surface area (Å²) in [6.07, 6.45) is 7.76. The van der Waals surface area contributed by atoms with Gasteiger partial charge in [0, 0.05) is 18.3 Å². The lowest BCUT2D eigenvalue weighted by Gasteiger charge is -2.22. The number of thioether (sulfide) groups is 1. The van der Waals surface area contributed by atoms with Crippen LogP contribution in [0.5, 0.6) is 0 Å². The zero-order valence-corrected chi connectivity index (χ0v) is 12.1. The highest BCUT2D eigenvalue weighted by molar-refractivity contribution is 7.99. The molecule has 0 radical (unpaired) electrons. The fourth-order valence-electron chi connectivity index (χ4n) is 1.87. The average molecular weight is 241 g/mol. The number of hydrogen-bond donors (Lipinski definition) is 1. The fraction of sp³-hybridized carbons (Fsp3) is 0.857. The third kappa shape index (κ3) is 10.4. The highest BCUT2D eigenvalue weighted by Crippen LogP contribution is 2.13. The summed E-state index contributed by atoms with van der Waals surface area (Å²) in [5.74, 6) is 6.16. The lowest BCUT2D eigenvalue weighted by molar-refractivity contribution is 0.366. The van der Waals surface area contributed by atoms with Crippen LogP contribution in [0.3, 0.4) is 0 Å². The predicted octanol–water partition coefficient (Wildman–Crippen LogP) is 3.40. The van der Waals surface area contributed by atoms with E-state index in [0.29, 0.717) is 6.04 Å². The molecule has 0 rings (SSSR count). The van der Waals surface area contributed by atoms with E-state index in [1.807, 2.05) is 11.8 Å². The molecule has 0 aliphatic rings. The maximum absolute atomic E-state index is 5.21. The first-order chi connectivity index (χ1) is 7.56. The van der Waals surface area contributed by atoms with E-state index >= 15 is 0 Å². The minimum Gasteiger partial charge on any atom is -0.313 e. The molecule has 2 heteroatoms. The Morgan fingerprint density at radius 3 is 2.12 bits per heavy atom. The molecule has 94 valence electrons. The van der Waals surface area contributed by atoms with Gasteiger partial charge in [-0.1, -0.05) is 33.6 Å². The zero-order valence-electron chi connectivity index (χ0n) is 11.3. The first kappa shape index (κ1) is 15.9. The van der Waals surface area contributed by atoms with Crippen LogP contribution in [-0.4, -0.2) is 24.1 Å². The van der Waals surface area contributed by atoms with Gasteiger partial charge < -0.3 is 5.32 Å². The molecule has 0 bridgehead atoms. The third-order valence-corrected chi connectivity index (χ3v) is 3.24. The summed E-state index contributed by atoms with van der Waals surface area (Å²) in [4.78, 5) is 0. The Hall–Kier alpha value is -0.130. The molecule has 0 aromatic carbocycles. The summed E-state index contributed by atoms with van der Waals surface area (Å²) >= 11 is 1.83. The second-order valence-corrected chi connectivity index (χ2v) is 6.27. The van der Waals surface area contributed by atoms with Crippen molar-refractivity contribution in [2.75, 3.05) is 18.1 Å². The Kier molecular flexibility index (Phi) is 9.97. The smallest absolute Gasteiger partial charge is 0.0545 e. The van der Waals surface area contributed by atoms with E-state index in [1.54, 1.807) is 0 Å². The number of nitrogens with one attached hydrogen (secondary N) is 1. The molecular formula is C14H27NS. The maximum Gasteiger partial charge on any atom is 0.0545 e. The van der Waals surface area contributed by atoms with E-state index in [4.69, 9.17) is 6.42 Å². The van der Waals surface area contributed by atoms with Crippen molar-refractivity contribution in [3.8, 4) is 12.3 Å². The normalized spacial score (nSPS) is 11.4. The molecule has 0 saturated heterocycles. The van der Waals surface area contributed by atoms with Crippen molar-refractivity contribution in [3.05, 3.63) is 0 Å². The quantitative estimate of drug-likeness (QED) is 0.490. The van der Waals surface area contributed by atoms with Crippen LogP contribution >= 0.6 is 11.8 Å². The number of hydrogen-bond acceptors (Lipinski definition) is 2. The molecule has 0 fully saturated rings.